The summed E-state index contributed by atoms with van der Waals surface area (Å²) in [4.78, 5) is 0. The Morgan fingerprint density at radius 3 is 2.53 bits per heavy atom. The second-order valence-electron chi connectivity index (χ2n) is 5.30. The summed E-state index contributed by atoms with van der Waals surface area (Å²) in [5, 5.41) is 3.39. The highest BCUT2D eigenvalue weighted by Crippen LogP contribution is 2.43. The molecule has 0 spiro atoms. The second-order valence-corrected chi connectivity index (χ2v) is 5.30. The van der Waals surface area contributed by atoms with Crippen molar-refractivity contribution < 1.29 is 4.74 Å². The average Bonchev–Trinajstić information content (AvgIpc) is 3.03. The van der Waals surface area contributed by atoms with Gasteiger partial charge in [-0.05, 0) is 31.4 Å². The minimum atomic E-state index is 0.0119. The summed E-state index contributed by atoms with van der Waals surface area (Å²) in [6.07, 6.45) is 6.55. The Bertz CT molecular complexity index is 350. The SMILES string of the molecule is c1ccc(C2(OC3CCNC3)CCCC2)cc1. The first kappa shape index (κ1) is 11.2. The number of nitrogens with one attached hydrogen (secondary N) is 1. The van der Waals surface area contributed by atoms with Crippen molar-refractivity contribution in [2.45, 2.75) is 43.8 Å². The van der Waals surface area contributed by atoms with Crippen LogP contribution in [0.25, 0.3) is 0 Å². The lowest BCUT2D eigenvalue weighted by molar-refractivity contribution is -0.0876. The van der Waals surface area contributed by atoms with E-state index in [4.69, 9.17) is 4.74 Å². The van der Waals surface area contributed by atoms with Crippen LogP contribution in [0.3, 0.4) is 0 Å². The predicted molar refractivity (Wildman–Crippen MR) is 68.9 cm³/mol. The van der Waals surface area contributed by atoms with Crippen LogP contribution in [0.2, 0.25) is 0 Å². The lowest BCUT2D eigenvalue weighted by Gasteiger charge is -2.33. The highest BCUT2D eigenvalue weighted by molar-refractivity contribution is 5.24. The molecule has 2 nitrogen and oxygen atoms in total. The zero-order valence-corrected chi connectivity index (χ0v) is 10.3. The molecule has 0 aromatic heterocycles. The predicted octanol–water partition coefficient (Wildman–Crippen LogP) is 2.83. The summed E-state index contributed by atoms with van der Waals surface area (Å²) in [6.45, 7) is 2.13. The molecule has 0 bridgehead atoms. The molecule has 3 rings (SSSR count). The highest BCUT2D eigenvalue weighted by Gasteiger charge is 2.39. The molecule has 1 N–H and O–H groups in total. The maximum absolute atomic E-state index is 6.48. The van der Waals surface area contributed by atoms with Crippen molar-refractivity contribution in [1.29, 1.82) is 0 Å². The van der Waals surface area contributed by atoms with E-state index in [0.717, 1.165) is 19.5 Å². The summed E-state index contributed by atoms with van der Waals surface area (Å²) in [5.74, 6) is 0. The van der Waals surface area contributed by atoms with Crippen LogP contribution in [0.1, 0.15) is 37.7 Å². The van der Waals surface area contributed by atoms with E-state index in [1.54, 1.807) is 0 Å². The molecule has 2 fully saturated rings. The van der Waals surface area contributed by atoms with Gasteiger partial charge < -0.3 is 10.1 Å². The van der Waals surface area contributed by atoms with Crippen molar-refractivity contribution in [3.63, 3.8) is 0 Å². The lowest BCUT2D eigenvalue weighted by atomic mass is 9.91. The molecule has 1 atom stereocenters. The number of rotatable bonds is 3. The van der Waals surface area contributed by atoms with Crippen LogP contribution in [-0.4, -0.2) is 19.2 Å². The molecule has 0 amide bonds. The first-order valence-electron chi connectivity index (χ1n) is 6.83. The van der Waals surface area contributed by atoms with Crippen molar-refractivity contribution in [3.8, 4) is 0 Å². The fraction of sp³-hybridized carbons (Fsp3) is 0.600. The van der Waals surface area contributed by atoms with Gasteiger partial charge in [-0.1, -0.05) is 43.2 Å². The first-order chi connectivity index (χ1) is 8.39. The molecule has 1 aromatic carbocycles. The summed E-state index contributed by atoms with van der Waals surface area (Å²) < 4.78 is 6.48. The largest absolute Gasteiger partial charge is 0.366 e. The maximum Gasteiger partial charge on any atom is 0.0935 e. The molecular weight excluding hydrogens is 210 g/mol. The van der Waals surface area contributed by atoms with E-state index in [0.29, 0.717) is 6.10 Å². The van der Waals surface area contributed by atoms with Gasteiger partial charge in [0, 0.05) is 6.54 Å². The second kappa shape index (κ2) is 4.79. The van der Waals surface area contributed by atoms with E-state index in [1.807, 2.05) is 0 Å². The topological polar surface area (TPSA) is 21.3 Å². The van der Waals surface area contributed by atoms with Crippen LogP contribution in [0.4, 0.5) is 0 Å². The fourth-order valence-electron chi connectivity index (χ4n) is 3.21. The van der Waals surface area contributed by atoms with Gasteiger partial charge in [0.15, 0.2) is 0 Å². The van der Waals surface area contributed by atoms with Gasteiger partial charge in [-0.2, -0.15) is 0 Å². The van der Waals surface area contributed by atoms with Crippen LogP contribution in [0, 0.1) is 0 Å². The van der Waals surface area contributed by atoms with Gasteiger partial charge in [0.25, 0.3) is 0 Å². The van der Waals surface area contributed by atoms with Crippen LogP contribution in [0.15, 0.2) is 30.3 Å². The van der Waals surface area contributed by atoms with Gasteiger partial charge >= 0.3 is 0 Å². The zero-order valence-electron chi connectivity index (χ0n) is 10.3. The third-order valence-corrected chi connectivity index (χ3v) is 4.12. The molecule has 1 aliphatic heterocycles. The fourth-order valence-corrected chi connectivity index (χ4v) is 3.21. The van der Waals surface area contributed by atoms with E-state index in [1.165, 1.54) is 31.2 Å². The summed E-state index contributed by atoms with van der Waals surface area (Å²) in [5.41, 5.74) is 1.39. The number of ether oxygens (including phenoxy) is 1. The maximum atomic E-state index is 6.48. The molecule has 92 valence electrons. The highest BCUT2D eigenvalue weighted by atomic mass is 16.5. The normalized spacial score (nSPS) is 27.4. The van der Waals surface area contributed by atoms with E-state index in [-0.39, 0.29) is 5.60 Å². The Morgan fingerprint density at radius 1 is 1.12 bits per heavy atom. The Labute approximate surface area is 103 Å². The molecule has 17 heavy (non-hydrogen) atoms. The molecule has 1 aliphatic carbocycles. The minimum Gasteiger partial charge on any atom is -0.366 e. The average molecular weight is 231 g/mol. The summed E-state index contributed by atoms with van der Waals surface area (Å²) >= 11 is 0. The van der Waals surface area contributed by atoms with E-state index < -0.39 is 0 Å². The minimum absolute atomic E-state index is 0.0119. The van der Waals surface area contributed by atoms with Gasteiger partial charge in [-0.25, -0.2) is 0 Å². The standard InChI is InChI=1S/C15H21NO/c1-2-6-13(7-3-1)15(9-4-5-10-15)17-14-8-11-16-12-14/h1-3,6-7,14,16H,4-5,8-12H2. The lowest BCUT2D eigenvalue weighted by Crippen LogP contribution is -2.32. The Hall–Kier alpha value is -0.860. The van der Waals surface area contributed by atoms with Crippen LogP contribution in [0.5, 0.6) is 0 Å². The smallest absolute Gasteiger partial charge is 0.0935 e. The van der Waals surface area contributed by atoms with Crippen molar-refractivity contribution in [3.05, 3.63) is 35.9 Å². The number of hydrogen-bond donors (Lipinski definition) is 1. The summed E-state index contributed by atoms with van der Waals surface area (Å²) in [7, 11) is 0. The van der Waals surface area contributed by atoms with E-state index in [9.17, 15) is 0 Å². The molecule has 2 heteroatoms. The molecule has 2 aliphatic rings. The van der Waals surface area contributed by atoms with E-state index >= 15 is 0 Å². The quantitative estimate of drug-likeness (QED) is 0.863. The van der Waals surface area contributed by atoms with Crippen LogP contribution < -0.4 is 5.32 Å². The van der Waals surface area contributed by atoms with Gasteiger partial charge in [0.1, 0.15) is 0 Å². The van der Waals surface area contributed by atoms with Crippen molar-refractivity contribution in [2.24, 2.45) is 0 Å². The van der Waals surface area contributed by atoms with E-state index in [2.05, 4.69) is 35.6 Å². The van der Waals surface area contributed by atoms with Crippen LogP contribution >= 0.6 is 0 Å². The third-order valence-electron chi connectivity index (χ3n) is 4.12. The Morgan fingerprint density at radius 2 is 1.88 bits per heavy atom. The molecule has 1 saturated heterocycles. The number of benzene rings is 1. The molecule has 1 heterocycles. The first-order valence-corrected chi connectivity index (χ1v) is 6.83. The molecular formula is C15H21NO. The van der Waals surface area contributed by atoms with Gasteiger partial charge in [0.05, 0.1) is 11.7 Å². The molecule has 1 aromatic rings. The van der Waals surface area contributed by atoms with Crippen molar-refractivity contribution >= 4 is 0 Å². The summed E-state index contributed by atoms with van der Waals surface area (Å²) in [6, 6.07) is 10.8. The third kappa shape index (κ3) is 2.24. The van der Waals surface area contributed by atoms with Gasteiger partial charge in [0.2, 0.25) is 0 Å². The molecule has 1 saturated carbocycles. The molecule has 0 radical (unpaired) electrons. The molecule has 1 unspecified atom stereocenters. The van der Waals surface area contributed by atoms with Gasteiger partial charge in [-0.15, -0.1) is 0 Å². The zero-order chi connectivity index (χ0) is 11.6. The number of hydrogen-bond acceptors (Lipinski definition) is 2. The Balaban J connectivity index is 1.82. The van der Waals surface area contributed by atoms with Crippen LogP contribution in [-0.2, 0) is 10.3 Å². The van der Waals surface area contributed by atoms with Gasteiger partial charge in [-0.3, -0.25) is 0 Å². The van der Waals surface area contributed by atoms with Crippen molar-refractivity contribution in [2.75, 3.05) is 13.1 Å². The monoisotopic (exact) mass is 231 g/mol. The Kier molecular flexibility index (Phi) is 3.17. The van der Waals surface area contributed by atoms with Crippen molar-refractivity contribution in [1.82, 2.24) is 5.32 Å².